The summed E-state index contributed by atoms with van der Waals surface area (Å²) < 4.78 is 5.45. The van der Waals surface area contributed by atoms with Gasteiger partial charge in [0.05, 0.1) is 5.69 Å². The first-order chi connectivity index (χ1) is 12.3. The molecular formula is C20H26ClN3O2. The summed E-state index contributed by atoms with van der Waals surface area (Å²) >= 11 is 6.38. The van der Waals surface area contributed by atoms with Gasteiger partial charge >= 0.3 is 6.09 Å². The molecular weight excluding hydrogens is 350 g/mol. The summed E-state index contributed by atoms with van der Waals surface area (Å²) in [6.45, 7) is 6.99. The van der Waals surface area contributed by atoms with Crippen molar-refractivity contribution in [2.75, 3.05) is 13.1 Å². The second kappa shape index (κ2) is 7.70. The zero-order chi connectivity index (χ0) is 18.7. The normalized spacial score (nSPS) is 15.9. The van der Waals surface area contributed by atoms with Crippen LogP contribution in [0.25, 0.3) is 0 Å². The number of aromatic amines is 1. The van der Waals surface area contributed by atoms with Crippen LogP contribution in [0.15, 0.2) is 30.3 Å². The van der Waals surface area contributed by atoms with Gasteiger partial charge in [0, 0.05) is 25.4 Å². The molecule has 1 aromatic heterocycles. The smallest absolute Gasteiger partial charge is 0.410 e. The quantitative estimate of drug-likeness (QED) is 0.840. The van der Waals surface area contributed by atoms with E-state index in [4.69, 9.17) is 16.3 Å². The molecule has 140 valence electrons. The fraction of sp³-hybridized carbons (Fsp3) is 0.500. The molecule has 0 spiro atoms. The highest BCUT2D eigenvalue weighted by molar-refractivity contribution is 6.30. The van der Waals surface area contributed by atoms with Gasteiger partial charge in [-0.15, -0.1) is 0 Å². The van der Waals surface area contributed by atoms with Gasteiger partial charge in [0.25, 0.3) is 0 Å². The highest BCUT2D eigenvalue weighted by atomic mass is 35.5. The number of hydrogen-bond donors (Lipinski definition) is 1. The average molecular weight is 376 g/mol. The third-order valence-electron chi connectivity index (χ3n) is 4.50. The molecule has 1 N–H and O–H groups in total. The minimum Gasteiger partial charge on any atom is -0.444 e. The third-order valence-corrected chi connectivity index (χ3v) is 4.79. The predicted octanol–water partition coefficient (Wildman–Crippen LogP) is 4.77. The Morgan fingerprint density at radius 3 is 2.54 bits per heavy atom. The van der Waals surface area contributed by atoms with Crippen molar-refractivity contribution in [3.8, 4) is 0 Å². The largest absolute Gasteiger partial charge is 0.444 e. The van der Waals surface area contributed by atoms with E-state index in [0.29, 0.717) is 24.2 Å². The van der Waals surface area contributed by atoms with Crippen molar-refractivity contribution in [2.45, 2.75) is 51.6 Å². The summed E-state index contributed by atoms with van der Waals surface area (Å²) in [5, 5.41) is 0.548. The lowest BCUT2D eigenvalue weighted by molar-refractivity contribution is 0.0204. The maximum absolute atomic E-state index is 12.2. The Morgan fingerprint density at radius 2 is 1.92 bits per heavy atom. The second-order valence-electron chi connectivity index (χ2n) is 7.79. The van der Waals surface area contributed by atoms with Crippen LogP contribution < -0.4 is 0 Å². The van der Waals surface area contributed by atoms with Crippen molar-refractivity contribution < 1.29 is 9.53 Å². The van der Waals surface area contributed by atoms with Crippen LogP contribution in [-0.4, -0.2) is 39.7 Å². The highest BCUT2D eigenvalue weighted by Crippen LogP contribution is 2.32. The van der Waals surface area contributed by atoms with Gasteiger partial charge in [-0.05, 0) is 39.2 Å². The predicted molar refractivity (Wildman–Crippen MR) is 103 cm³/mol. The molecule has 2 aromatic rings. The molecule has 0 radical (unpaired) electrons. The number of H-pyrrole nitrogens is 1. The van der Waals surface area contributed by atoms with E-state index in [-0.39, 0.29) is 6.09 Å². The molecule has 0 saturated carbocycles. The van der Waals surface area contributed by atoms with E-state index < -0.39 is 5.60 Å². The molecule has 1 fully saturated rings. The standard InChI is InChI=1S/C20H26ClN3O2/c1-20(2,3)26-19(25)24-11-9-15(10-12-24)17-18(21)23-16(22-17)13-14-7-5-4-6-8-14/h4-8,15H,9-13H2,1-3H3,(H,22,23). The van der Waals surface area contributed by atoms with Crippen molar-refractivity contribution in [3.63, 3.8) is 0 Å². The average Bonchev–Trinajstić information content (AvgIpc) is 2.94. The van der Waals surface area contributed by atoms with E-state index in [1.54, 1.807) is 4.90 Å². The molecule has 3 rings (SSSR count). The van der Waals surface area contributed by atoms with Crippen molar-refractivity contribution in [1.82, 2.24) is 14.9 Å². The lowest BCUT2D eigenvalue weighted by Crippen LogP contribution is -2.41. The van der Waals surface area contributed by atoms with Gasteiger partial charge in [0.2, 0.25) is 0 Å². The van der Waals surface area contributed by atoms with Crippen LogP contribution in [0.2, 0.25) is 5.15 Å². The number of likely N-dealkylation sites (tertiary alicyclic amines) is 1. The SMILES string of the molecule is CC(C)(C)OC(=O)N1CCC(c2[nH]c(Cc3ccccc3)nc2Cl)CC1. The van der Waals surface area contributed by atoms with Gasteiger partial charge in [0.1, 0.15) is 11.4 Å². The van der Waals surface area contributed by atoms with E-state index in [0.717, 1.165) is 30.8 Å². The van der Waals surface area contributed by atoms with Gasteiger partial charge in [-0.2, -0.15) is 0 Å². The third kappa shape index (κ3) is 4.79. The fourth-order valence-electron chi connectivity index (χ4n) is 3.23. The van der Waals surface area contributed by atoms with Crippen LogP contribution in [0.4, 0.5) is 4.79 Å². The van der Waals surface area contributed by atoms with E-state index in [1.165, 1.54) is 5.56 Å². The van der Waals surface area contributed by atoms with Gasteiger partial charge in [-0.3, -0.25) is 0 Å². The van der Waals surface area contributed by atoms with E-state index >= 15 is 0 Å². The van der Waals surface area contributed by atoms with Gasteiger partial charge in [-0.25, -0.2) is 9.78 Å². The maximum Gasteiger partial charge on any atom is 0.410 e. The van der Waals surface area contributed by atoms with Gasteiger partial charge in [-0.1, -0.05) is 41.9 Å². The number of hydrogen-bond acceptors (Lipinski definition) is 3. The lowest BCUT2D eigenvalue weighted by atomic mass is 9.94. The first-order valence-electron chi connectivity index (χ1n) is 9.08. The zero-order valence-corrected chi connectivity index (χ0v) is 16.3. The Kier molecular flexibility index (Phi) is 5.56. The minimum absolute atomic E-state index is 0.239. The van der Waals surface area contributed by atoms with Crippen LogP contribution in [0.5, 0.6) is 0 Å². The van der Waals surface area contributed by atoms with Crippen LogP contribution in [0.3, 0.4) is 0 Å². The highest BCUT2D eigenvalue weighted by Gasteiger charge is 2.29. The number of imidazole rings is 1. The summed E-state index contributed by atoms with van der Waals surface area (Å²) in [7, 11) is 0. The molecule has 0 bridgehead atoms. The summed E-state index contributed by atoms with van der Waals surface area (Å²) in [5.41, 5.74) is 1.72. The number of benzene rings is 1. The second-order valence-corrected chi connectivity index (χ2v) is 8.15. The molecule has 1 aromatic carbocycles. The Hall–Kier alpha value is -2.01. The molecule has 1 saturated heterocycles. The number of nitrogens with zero attached hydrogens (tertiary/aromatic N) is 2. The zero-order valence-electron chi connectivity index (χ0n) is 15.6. The van der Waals surface area contributed by atoms with Crippen LogP contribution >= 0.6 is 11.6 Å². The van der Waals surface area contributed by atoms with E-state index in [1.807, 2.05) is 39.0 Å². The number of amides is 1. The number of nitrogens with one attached hydrogen (secondary N) is 1. The summed E-state index contributed by atoms with van der Waals surface area (Å²) in [4.78, 5) is 21.9. The summed E-state index contributed by atoms with van der Waals surface area (Å²) in [6.07, 6.45) is 2.20. The molecule has 1 aliphatic heterocycles. The molecule has 0 aliphatic carbocycles. The number of carbonyl (C=O) groups excluding carboxylic acids is 1. The van der Waals surface area contributed by atoms with Gasteiger partial charge in [0.15, 0.2) is 5.15 Å². The van der Waals surface area contributed by atoms with Crippen LogP contribution in [-0.2, 0) is 11.2 Å². The Balaban J connectivity index is 1.60. The molecule has 1 aliphatic rings. The summed E-state index contributed by atoms with van der Waals surface area (Å²) in [5.74, 6) is 1.17. The fourth-order valence-corrected chi connectivity index (χ4v) is 3.54. The van der Waals surface area contributed by atoms with Crippen molar-refractivity contribution in [1.29, 1.82) is 0 Å². The number of piperidine rings is 1. The Labute approximate surface area is 159 Å². The van der Waals surface area contributed by atoms with E-state index in [2.05, 4.69) is 22.1 Å². The van der Waals surface area contributed by atoms with Crippen molar-refractivity contribution in [2.24, 2.45) is 0 Å². The number of rotatable bonds is 3. The lowest BCUT2D eigenvalue weighted by Gasteiger charge is -2.33. The number of carbonyl (C=O) groups is 1. The molecule has 0 atom stereocenters. The molecule has 2 heterocycles. The molecule has 6 heteroatoms. The first kappa shape index (κ1) is 18.8. The Morgan fingerprint density at radius 1 is 1.27 bits per heavy atom. The van der Waals surface area contributed by atoms with Crippen LogP contribution in [0.1, 0.15) is 56.6 Å². The van der Waals surface area contributed by atoms with Crippen molar-refractivity contribution in [3.05, 3.63) is 52.6 Å². The number of aromatic nitrogens is 2. The Bertz CT molecular complexity index is 744. The molecule has 0 unspecified atom stereocenters. The minimum atomic E-state index is -0.465. The molecule has 5 nitrogen and oxygen atoms in total. The molecule has 1 amide bonds. The van der Waals surface area contributed by atoms with Crippen LogP contribution in [0, 0.1) is 0 Å². The first-order valence-corrected chi connectivity index (χ1v) is 9.46. The molecule has 26 heavy (non-hydrogen) atoms. The van der Waals surface area contributed by atoms with Gasteiger partial charge < -0.3 is 14.6 Å². The number of ether oxygens (including phenoxy) is 1. The monoisotopic (exact) mass is 375 g/mol. The van der Waals surface area contributed by atoms with E-state index in [9.17, 15) is 4.79 Å². The topological polar surface area (TPSA) is 58.2 Å². The summed E-state index contributed by atoms with van der Waals surface area (Å²) in [6, 6.07) is 10.2. The van der Waals surface area contributed by atoms with Crippen molar-refractivity contribution >= 4 is 17.7 Å². The number of halogens is 1. The maximum atomic E-state index is 12.2.